The lowest BCUT2D eigenvalue weighted by atomic mass is 10.3. The van der Waals surface area contributed by atoms with E-state index >= 15 is 0 Å². The van der Waals surface area contributed by atoms with Gasteiger partial charge < -0.3 is 5.32 Å². The van der Waals surface area contributed by atoms with E-state index in [0.717, 1.165) is 5.57 Å². The summed E-state index contributed by atoms with van der Waals surface area (Å²) in [6, 6.07) is 1.91. The van der Waals surface area contributed by atoms with Gasteiger partial charge in [-0.25, -0.2) is 0 Å². The second-order valence-electron chi connectivity index (χ2n) is 1.64. The smallest absolute Gasteiger partial charge is 0.0912 e. The summed E-state index contributed by atoms with van der Waals surface area (Å²) in [6.45, 7) is 1.92. The fourth-order valence-corrected chi connectivity index (χ4v) is 0.444. The van der Waals surface area contributed by atoms with Gasteiger partial charge in [0.2, 0.25) is 0 Å². The van der Waals surface area contributed by atoms with E-state index < -0.39 is 0 Å². The third-order valence-electron chi connectivity index (χ3n) is 0.793. The van der Waals surface area contributed by atoms with E-state index in [4.69, 9.17) is 5.26 Å². The molecule has 0 fully saturated rings. The Hall–Kier alpha value is -1.23. The maximum Gasteiger partial charge on any atom is 0.0912 e. The Morgan fingerprint density at radius 2 is 2.33 bits per heavy atom. The first-order chi connectivity index (χ1) is 4.31. The van der Waals surface area contributed by atoms with Crippen LogP contribution in [0.1, 0.15) is 6.92 Å². The molecule has 0 rings (SSSR count). The summed E-state index contributed by atoms with van der Waals surface area (Å²) in [5.41, 5.74) is 1.04. The molecule has 48 valence electrons. The normalized spacial score (nSPS) is 11.4. The summed E-state index contributed by atoms with van der Waals surface area (Å²) in [5.74, 6) is 0. The molecule has 1 N–H and O–H groups in total. The Labute approximate surface area is 55.5 Å². The first kappa shape index (κ1) is 7.77. The summed E-state index contributed by atoms with van der Waals surface area (Å²) in [5, 5.41) is 11.0. The van der Waals surface area contributed by atoms with E-state index in [2.05, 4.69) is 5.32 Å². The van der Waals surface area contributed by atoms with Crippen molar-refractivity contribution in [3.8, 4) is 6.07 Å². The van der Waals surface area contributed by atoms with Gasteiger partial charge in [0.25, 0.3) is 0 Å². The largest absolute Gasteiger partial charge is 0.394 e. The highest BCUT2D eigenvalue weighted by Gasteiger charge is 1.75. The molecule has 0 atom stereocenters. The van der Waals surface area contributed by atoms with Crippen molar-refractivity contribution in [2.24, 2.45) is 0 Å². The van der Waals surface area contributed by atoms with E-state index in [0.29, 0.717) is 0 Å². The number of nitriles is 1. The number of nitrogens with zero attached hydrogens (tertiary/aromatic N) is 1. The van der Waals surface area contributed by atoms with E-state index in [1.807, 2.05) is 26.2 Å². The molecule has 0 aromatic carbocycles. The quantitative estimate of drug-likeness (QED) is 0.441. The monoisotopic (exact) mass is 122 g/mol. The Balaban J connectivity index is 3.78. The first-order valence-electron chi connectivity index (χ1n) is 2.71. The molecule has 0 aliphatic rings. The van der Waals surface area contributed by atoms with Gasteiger partial charge in [-0.05, 0) is 24.8 Å². The van der Waals surface area contributed by atoms with Gasteiger partial charge >= 0.3 is 0 Å². The summed E-state index contributed by atoms with van der Waals surface area (Å²) < 4.78 is 0. The SMILES string of the molecule is CNC=C(C)C=CC#N. The van der Waals surface area contributed by atoms with Crippen molar-refractivity contribution in [1.29, 1.82) is 5.26 Å². The van der Waals surface area contributed by atoms with Gasteiger partial charge in [0.05, 0.1) is 6.07 Å². The van der Waals surface area contributed by atoms with Crippen molar-refractivity contribution in [2.75, 3.05) is 7.05 Å². The van der Waals surface area contributed by atoms with Crippen molar-refractivity contribution in [2.45, 2.75) is 6.92 Å². The lowest BCUT2D eigenvalue weighted by molar-refractivity contribution is 1.08. The van der Waals surface area contributed by atoms with Crippen molar-refractivity contribution < 1.29 is 0 Å². The molecule has 0 aromatic heterocycles. The maximum absolute atomic E-state index is 8.10. The molecule has 0 amide bonds. The Bertz CT molecular complexity index is 160. The van der Waals surface area contributed by atoms with Crippen molar-refractivity contribution in [1.82, 2.24) is 5.32 Å². The Kier molecular flexibility index (Phi) is 4.25. The summed E-state index contributed by atoms with van der Waals surface area (Å²) in [7, 11) is 1.82. The number of allylic oxidation sites excluding steroid dienone is 3. The maximum atomic E-state index is 8.10. The molecule has 0 aliphatic carbocycles. The highest BCUT2D eigenvalue weighted by atomic mass is 14.8. The lowest BCUT2D eigenvalue weighted by Gasteiger charge is -1.87. The summed E-state index contributed by atoms with van der Waals surface area (Å²) >= 11 is 0. The molecule has 0 heterocycles. The van der Waals surface area contributed by atoms with Crippen LogP contribution in [0.25, 0.3) is 0 Å². The van der Waals surface area contributed by atoms with Gasteiger partial charge in [-0.2, -0.15) is 5.26 Å². The van der Waals surface area contributed by atoms with Crippen LogP contribution in [0.4, 0.5) is 0 Å². The van der Waals surface area contributed by atoms with Crippen LogP contribution >= 0.6 is 0 Å². The predicted molar refractivity (Wildman–Crippen MR) is 37.6 cm³/mol. The van der Waals surface area contributed by atoms with Gasteiger partial charge in [-0.15, -0.1) is 0 Å². The van der Waals surface area contributed by atoms with Gasteiger partial charge in [0.1, 0.15) is 0 Å². The van der Waals surface area contributed by atoms with Crippen LogP contribution in [0, 0.1) is 11.3 Å². The fourth-order valence-electron chi connectivity index (χ4n) is 0.444. The molecule has 2 heteroatoms. The minimum absolute atomic E-state index is 1.04. The van der Waals surface area contributed by atoms with Crippen LogP contribution in [-0.2, 0) is 0 Å². The van der Waals surface area contributed by atoms with Crippen LogP contribution in [-0.4, -0.2) is 7.05 Å². The first-order valence-corrected chi connectivity index (χ1v) is 2.71. The molecular weight excluding hydrogens is 112 g/mol. The number of rotatable bonds is 2. The zero-order valence-corrected chi connectivity index (χ0v) is 5.68. The van der Waals surface area contributed by atoms with Crippen molar-refractivity contribution in [3.63, 3.8) is 0 Å². The minimum atomic E-state index is 1.04. The second-order valence-corrected chi connectivity index (χ2v) is 1.64. The highest BCUT2D eigenvalue weighted by molar-refractivity contribution is 5.19. The Morgan fingerprint density at radius 3 is 2.78 bits per heavy atom. The average Bonchev–Trinajstić information content (AvgIpc) is 1.85. The molecule has 0 saturated heterocycles. The van der Waals surface area contributed by atoms with Gasteiger partial charge in [-0.3, -0.25) is 0 Å². The molecule has 0 radical (unpaired) electrons. The molecule has 0 bridgehead atoms. The van der Waals surface area contributed by atoms with Gasteiger partial charge in [0, 0.05) is 13.1 Å². The van der Waals surface area contributed by atoms with Gasteiger partial charge in [-0.1, -0.05) is 0 Å². The van der Waals surface area contributed by atoms with Crippen LogP contribution in [0.2, 0.25) is 0 Å². The summed E-state index contributed by atoms with van der Waals surface area (Å²) in [6.07, 6.45) is 5.02. The topological polar surface area (TPSA) is 35.8 Å². The fraction of sp³-hybridized carbons (Fsp3) is 0.286. The zero-order chi connectivity index (χ0) is 7.11. The highest BCUT2D eigenvalue weighted by Crippen LogP contribution is 1.89. The standard InChI is InChI=1S/C7H10N2/c1-7(6-9-2)4-3-5-8/h3-4,6,9H,1-2H3. The van der Waals surface area contributed by atoms with Crippen LogP contribution in [0.15, 0.2) is 23.9 Å². The third-order valence-corrected chi connectivity index (χ3v) is 0.793. The minimum Gasteiger partial charge on any atom is -0.394 e. The molecule has 0 aromatic rings. The zero-order valence-electron chi connectivity index (χ0n) is 5.68. The molecule has 0 saturated carbocycles. The van der Waals surface area contributed by atoms with E-state index in [9.17, 15) is 0 Å². The number of nitrogens with one attached hydrogen (secondary N) is 1. The van der Waals surface area contributed by atoms with E-state index in [-0.39, 0.29) is 0 Å². The predicted octanol–water partition coefficient (Wildman–Crippen LogP) is 1.19. The van der Waals surface area contributed by atoms with Crippen LogP contribution in [0.5, 0.6) is 0 Å². The van der Waals surface area contributed by atoms with E-state index in [1.54, 1.807) is 6.08 Å². The Morgan fingerprint density at radius 1 is 1.67 bits per heavy atom. The summed E-state index contributed by atoms with van der Waals surface area (Å²) in [4.78, 5) is 0. The molecule has 0 spiro atoms. The molecule has 9 heavy (non-hydrogen) atoms. The van der Waals surface area contributed by atoms with E-state index in [1.165, 1.54) is 6.08 Å². The number of hydrogen-bond donors (Lipinski definition) is 1. The van der Waals surface area contributed by atoms with Crippen LogP contribution in [0.3, 0.4) is 0 Å². The third kappa shape index (κ3) is 4.63. The number of hydrogen-bond acceptors (Lipinski definition) is 2. The van der Waals surface area contributed by atoms with Gasteiger partial charge in [0.15, 0.2) is 0 Å². The van der Waals surface area contributed by atoms with Crippen LogP contribution < -0.4 is 5.32 Å². The average molecular weight is 122 g/mol. The van der Waals surface area contributed by atoms with Crippen molar-refractivity contribution in [3.05, 3.63) is 23.9 Å². The van der Waals surface area contributed by atoms with Crippen molar-refractivity contribution >= 4 is 0 Å². The molecular formula is C7H10N2. The molecule has 2 nitrogen and oxygen atoms in total. The molecule has 0 unspecified atom stereocenters. The second kappa shape index (κ2) is 4.92. The lowest BCUT2D eigenvalue weighted by Crippen LogP contribution is -1.92. The molecule has 0 aliphatic heterocycles.